The van der Waals surface area contributed by atoms with Gasteiger partial charge in [-0.3, -0.25) is 4.79 Å². The zero-order valence-electron chi connectivity index (χ0n) is 17.9. The first-order chi connectivity index (χ1) is 15.4. The Bertz CT molecular complexity index is 1040. The van der Waals surface area contributed by atoms with Crippen LogP contribution >= 0.6 is 0 Å². The molecule has 1 N–H and O–H groups in total. The summed E-state index contributed by atoms with van der Waals surface area (Å²) in [7, 11) is -3.60. The van der Waals surface area contributed by atoms with Gasteiger partial charge in [-0.1, -0.05) is 43.2 Å². The first kappa shape index (κ1) is 22.5. The van der Waals surface area contributed by atoms with Crippen LogP contribution in [0.1, 0.15) is 60.6 Å². The second-order valence-electron chi connectivity index (χ2n) is 8.32. The lowest BCUT2D eigenvalue weighted by atomic mass is 10.1. The van der Waals surface area contributed by atoms with Gasteiger partial charge in [-0.2, -0.15) is 4.31 Å². The number of sulfonamides is 1. The van der Waals surface area contributed by atoms with Crippen LogP contribution in [-0.2, 0) is 19.6 Å². The first-order valence-corrected chi connectivity index (χ1v) is 12.6. The fraction of sp³-hybridized carbons (Fsp3) is 0.417. The van der Waals surface area contributed by atoms with Gasteiger partial charge >= 0.3 is 5.97 Å². The maximum Gasteiger partial charge on any atom is 0.339 e. The van der Waals surface area contributed by atoms with Gasteiger partial charge in [0.05, 0.1) is 10.5 Å². The third-order valence-corrected chi connectivity index (χ3v) is 7.69. The fourth-order valence-electron chi connectivity index (χ4n) is 3.77. The van der Waals surface area contributed by atoms with Crippen LogP contribution in [0.15, 0.2) is 59.5 Å². The summed E-state index contributed by atoms with van der Waals surface area (Å²) in [5.74, 6) is -1.03. The number of hydrogen-bond acceptors (Lipinski definition) is 5. The molecule has 1 saturated heterocycles. The van der Waals surface area contributed by atoms with Crippen LogP contribution in [0.5, 0.6) is 0 Å². The standard InChI is InChI=1S/C24H28N2O5S/c27-23(25-20-12-13-20)22(18-8-4-3-5-9-18)31-24(28)19-10-14-21(15-11-19)32(29,30)26-16-6-1-2-7-17-26/h3-5,8-11,14-15,20,22H,1-2,6-7,12-13,16-17H2,(H,25,27). The van der Waals surface area contributed by atoms with Crippen molar-refractivity contribution < 1.29 is 22.7 Å². The van der Waals surface area contributed by atoms with Crippen LogP contribution in [0.2, 0.25) is 0 Å². The summed E-state index contributed by atoms with van der Waals surface area (Å²) in [6, 6.07) is 14.7. The number of ether oxygens (including phenoxy) is 1. The highest BCUT2D eigenvalue weighted by Gasteiger charge is 2.31. The summed E-state index contributed by atoms with van der Waals surface area (Å²) in [5, 5.41) is 2.88. The lowest BCUT2D eigenvalue weighted by molar-refractivity contribution is -0.130. The van der Waals surface area contributed by atoms with E-state index in [1.165, 1.54) is 28.6 Å². The Morgan fingerprint density at radius 2 is 1.53 bits per heavy atom. The number of rotatable bonds is 7. The molecule has 0 bridgehead atoms. The highest BCUT2D eigenvalue weighted by molar-refractivity contribution is 7.89. The lowest BCUT2D eigenvalue weighted by Gasteiger charge is -2.20. The summed E-state index contributed by atoms with van der Waals surface area (Å²) >= 11 is 0. The van der Waals surface area contributed by atoms with Crippen molar-refractivity contribution in [3.05, 3.63) is 65.7 Å². The minimum Gasteiger partial charge on any atom is -0.444 e. The number of esters is 1. The molecule has 8 heteroatoms. The third-order valence-electron chi connectivity index (χ3n) is 5.78. The molecule has 1 atom stereocenters. The second-order valence-corrected chi connectivity index (χ2v) is 10.3. The van der Waals surface area contributed by atoms with E-state index in [1.54, 1.807) is 24.3 Å². The van der Waals surface area contributed by atoms with Gasteiger partial charge in [0.25, 0.3) is 5.91 Å². The lowest BCUT2D eigenvalue weighted by Crippen LogP contribution is -2.33. The number of nitrogens with zero attached hydrogens (tertiary/aromatic N) is 1. The average Bonchev–Trinajstić information content (AvgIpc) is 3.65. The molecular formula is C24H28N2O5S. The van der Waals surface area contributed by atoms with E-state index in [-0.39, 0.29) is 22.4 Å². The summed E-state index contributed by atoms with van der Waals surface area (Å²) in [4.78, 5) is 25.6. The number of benzene rings is 2. The quantitative estimate of drug-likeness (QED) is 0.645. The van der Waals surface area contributed by atoms with Crippen molar-refractivity contribution >= 4 is 21.9 Å². The first-order valence-electron chi connectivity index (χ1n) is 11.1. The SMILES string of the molecule is O=C(OC(C(=O)NC1CC1)c1ccccc1)c1ccc(S(=O)(=O)N2CCCCCC2)cc1. The van der Waals surface area contributed by atoms with Crippen LogP contribution in [0.25, 0.3) is 0 Å². The molecular weight excluding hydrogens is 428 g/mol. The Morgan fingerprint density at radius 1 is 0.906 bits per heavy atom. The van der Waals surface area contributed by atoms with Crippen LogP contribution in [0.3, 0.4) is 0 Å². The largest absolute Gasteiger partial charge is 0.444 e. The molecule has 2 aromatic rings. The Kier molecular flexibility index (Phi) is 6.91. The van der Waals surface area contributed by atoms with E-state index >= 15 is 0 Å². The summed E-state index contributed by atoms with van der Waals surface area (Å²) in [6.45, 7) is 1.03. The van der Waals surface area contributed by atoms with Crippen molar-refractivity contribution in [3.8, 4) is 0 Å². The number of nitrogens with one attached hydrogen (secondary N) is 1. The molecule has 1 amide bonds. The predicted octanol–water partition coefficient (Wildman–Crippen LogP) is 3.43. The minimum absolute atomic E-state index is 0.135. The van der Waals surface area contributed by atoms with Gasteiger partial charge < -0.3 is 10.1 Å². The van der Waals surface area contributed by atoms with Crippen LogP contribution in [0.4, 0.5) is 0 Å². The van der Waals surface area contributed by atoms with Crippen molar-refractivity contribution in [2.75, 3.05) is 13.1 Å². The fourth-order valence-corrected chi connectivity index (χ4v) is 5.29. The Hall–Kier alpha value is -2.71. The molecule has 1 aliphatic carbocycles. The molecule has 1 unspecified atom stereocenters. The molecule has 1 saturated carbocycles. The molecule has 0 radical (unpaired) electrons. The number of carbonyl (C=O) groups excluding carboxylic acids is 2. The molecule has 2 fully saturated rings. The van der Waals surface area contributed by atoms with Gasteiger partial charge in [0.2, 0.25) is 16.1 Å². The van der Waals surface area contributed by atoms with Crippen molar-refractivity contribution in [3.63, 3.8) is 0 Å². The van der Waals surface area contributed by atoms with Crippen molar-refractivity contribution in [1.29, 1.82) is 0 Å². The van der Waals surface area contributed by atoms with E-state index in [4.69, 9.17) is 4.74 Å². The maximum absolute atomic E-state index is 12.9. The van der Waals surface area contributed by atoms with Gasteiger partial charge in [-0.25, -0.2) is 13.2 Å². The predicted molar refractivity (Wildman–Crippen MR) is 119 cm³/mol. The molecule has 1 heterocycles. The van der Waals surface area contributed by atoms with Crippen LogP contribution in [-0.4, -0.2) is 43.7 Å². The van der Waals surface area contributed by atoms with E-state index in [9.17, 15) is 18.0 Å². The third kappa shape index (κ3) is 5.37. The monoisotopic (exact) mass is 456 g/mol. The minimum atomic E-state index is -3.60. The topological polar surface area (TPSA) is 92.8 Å². The van der Waals surface area contributed by atoms with E-state index in [0.29, 0.717) is 18.7 Å². The smallest absolute Gasteiger partial charge is 0.339 e. The average molecular weight is 457 g/mol. The number of carbonyl (C=O) groups is 2. The van der Waals surface area contributed by atoms with Gasteiger partial charge in [0, 0.05) is 24.7 Å². The summed E-state index contributed by atoms with van der Waals surface area (Å²) < 4.78 is 33.0. The molecule has 2 aromatic carbocycles. The van der Waals surface area contributed by atoms with Crippen LogP contribution < -0.4 is 5.32 Å². The molecule has 7 nitrogen and oxygen atoms in total. The zero-order chi connectivity index (χ0) is 22.6. The Labute approximate surface area is 188 Å². The molecule has 4 rings (SSSR count). The molecule has 2 aliphatic rings. The van der Waals surface area contributed by atoms with Crippen LogP contribution in [0, 0.1) is 0 Å². The Morgan fingerprint density at radius 3 is 2.12 bits per heavy atom. The molecule has 1 aliphatic heterocycles. The van der Waals surface area contributed by atoms with Gasteiger partial charge in [0.15, 0.2) is 0 Å². The summed E-state index contributed by atoms with van der Waals surface area (Å²) in [6.07, 6.45) is 4.56. The van der Waals surface area contributed by atoms with E-state index in [2.05, 4.69) is 5.32 Å². The molecule has 0 aromatic heterocycles. The van der Waals surface area contributed by atoms with Crippen molar-refractivity contribution in [2.24, 2.45) is 0 Å². The van der Waals surface area contributed by atoms with Gasteiger partial charge in [-0.05, 0) is 49.9 Å². The van der Waals surface area contributed by atoms with Crippen molar-refractivity contribution in [2.45, 2.75) is 55.6 Å². The normalized spacial score (nSPS) is 18.4. The van der Waals surface area contributed by atoms with E-state index in [1.807, 2.05) is 6.07 Å². The van der Waals surface area contributed by atoms with Crippen molar-refractivity contribution in [1.82, 2.24) is 9.62 Å². The van der Waals surface area contributed by atoms with E-state index < -0.39 is 22.1 Å². The molecule has 170 valence electrons. The Balaban J connectivity index is 1.48. The highest BCUT2D eigenvalue weighted by atomic mass is 32.2. The number of hydrogen-bond donors (Lipinski definition) is 1. The zero-order valence-corrected chi connectivity index (χ0v) is 18.7. The van der Waals surface area contributed by atoms with E-state index in [0.717, 1.165) is 38.5 Å². The maximum atomic E-state index is 12.9. The molecule has 32 heavy (non-hydrogen) atoms. The second kappa shape index (κ2) is 9.83. The number of amides is 1. The van der Waals surface area contributed by atoms with Gasteiger partial charge in [0.1, 0.15) is 0 Å². The summed E-state index contributed by atoms with van der Waals surface area (Å²) in [5.41, 5.74) is 0.777. The van der Waals surface area contributed by atoms with Gasteiger partial charge in [-0.15, -0.1) is 0 Å². The highest BCUT2D eigenvalue weighted by Crippen LogP contribution is 2.25. The molecule has 0 spiro atoms.